The van der Waals surface area contributed by atoms with Gasteiger partial charge in [-0.1, -0.05) is 72.3 Å². The van der Waals surface area contributed by atoms with Crippen molar-refractivity contribution in [3.63, 3.8) is 0 Å². The minimum absolute atomic E-state index is 0.0954. The fourth-order valence-electron chi connectivity index (χ4n) is 2.71. The predicted molar refractivity (Wildman–Crippen MR) is 90.2 cm³/mol. The monoisotopic (exact) mass is 332 g/mol. The van der Waals surface area contributed by atoms with Crippen LogP contribution in [0.3, 0.4) is 0 Å². The first-order chi connectivity index (χ1) is 11.2. The van der Waals surface area contributed by atoms with Gasteiger partial charge in [0.1, 0.15) is 12.2 Å². The Kier molecular flexibility index (Phi) is 5.68. The number of alkyl halides is 1. The molecule has 4 heteroatoms. The SMILES string of the molecule is C[C@H]1O[C@H](Cl)[C@@H](OCc2ccccc2)[C@@H]1OCc1ccccc1. The Balaban J connectivity index is 1.60. The summed E-state index contributed by atoms with van der Waals surface area (Å²) in [5, 5.41) is 0. The number of halogens is 1. The molecule has 1 heterocycles. The molecule has 1 aliphatic heterocycles. The molecular weight excluding hydrogens is 312 g/mol. The summed E-state index contributed by atoms with van der Waals surface area (Å²) < 4.78 is 17.7. The molecule has 3 rings (SSSR count). The van der Waals surface area contributed by atoms with Crippen molar-refractivity contribution in [3.05, 3.63) is 71.8 Å². The molecule has 0 saturated carbocycles. The molecule has 1 fully saturated rings. The Morgan fingerprint density at radius 1 is 0.826 bits per heavy atom. The maximum absolute atomic E-state index is 6.29. The highest BCUT2D eigenvalue weighted by Crippen LogP contribution is 2.30. The maximum atomic E-state index is 6.29. The zero-order valence-electron chi connectivity index (χ0n) is 13.1. The Labute approximate surface area is 142 Å². The third-order valence-electron chi connectivity index (χ3n) is 3.96. The van der Waals surface area contributed by atoms with Crippen LogP contribution in [-0.4, -0.2) is 23.9 Å². The molecule has 2 aromatic carbocycles. The van der Waals surface area contributed by atoms with Crippen LogP contribution in [0, 0.1) is 0 Å². The van der Waals surface area contributed by atoms with Crippen LogP contribution in [0.2, 0.25) is 0 Å². The lowest BCUT2D eigenvalue weighted by molar-refractivity contribution is -0.0722. The third-order valence-corrected chi connectivity index (χ3v) is 4.31. The predicted octanol–water partition coefficient (Wildman–Crippen LogP) is 4.14. The second-order valence-corrected chi connectivity index (χ2v) is 6.14. The van der Waals surface area contributed by atoms with E-state index >= 15 is 0 Å². The van der Waals surface area contributed by atoms with Crippen LogP contribution in [0.25, 0.3) is 0 Å². The number of benzene rings is 2. The summed E-state index contributed by atoms with van der Waals surface area (Å²) in [5.74, 6) is 0. The van der Waals surface area contributed by atoms with Crippen LogP contribution in [0.15, 0.2) is 60.7 Å². The summed E-state index contributed by atoms with van der Waals surface area (Å²) in [7, 11) is 0. The molecule has 0 unspecified atom stereocenters. The van der Waals surface area contributed by atoms with Crippen molar-refractivity contribution in [2.24, 2.45) is 0 Å². The summed E-state index contributed by atoms with van der Waals surface area (Å²) in [6, 6.07) is 20.1. The van der Waals surface area contributed by atoms with Gasteiger partial charge in [0.2, 0.25) is 0 Å². The second-order valence-electron chi connectivity index (χ2n) is 5.71. The number of rotatable bonds is 6. The highest BCUT2D eigenvalue weighted by atomic mass is 35.5. The number of hydrogen-bond donors (Lipinski definition) is 0. The first-order valence-electron chi connectivity index (χ1n) is 7.84. The molecule has 122 valence electrons. The molecule has 0 radical (unpaired) electrons. The fraction of sp³-hybridized carbons (Fsp3) is 0.368. The molecule has 3 nitrogen and oxygen atoms in total. The molecule has 1 aliphatic rings. The normalized spacial score (nSPS) is 27.2. The van der Waals surface area contributed by atoms with Gasteiger partial charge in [0.15, 0.2) is 5.56 Å². The summed E-state index contributed by atoms with van der Waals surface area (Å²) in [6.07, 6.45) is -0.556. The minimum Gasteiger partial charge on any atom is -0.368 e. The van der Waals surface area contributed by atoms with E-state index in [1.165, 1.54) is 0 Å². The van der Waals surface area contributed by atoms with Gasteiger partial charge in [-0.15, -0.1) is 0 Å². The average molecular weight is 333 g/mol. The van der Waals surface area contributed by atoms with Gasteiger partial charge in [0, 0.05) is 0 Å². The summed E-state index contributed by atoms with van der Waals surface area (Å²) >= 11 is 6.29. The number of ether oxygens (including phenoxy) is 3. The summed E-state index contributed by atoms with van der Waals surface area (Å²) in [5.41, 5.74) is 1.74. The summed E-state index contributed by atoms with van der Waals surface area (Å²) in [4.78, 5) is 0. The van der Waals surface area contributed by atoms with E-state index in [9.17, 15) is 0 Å². The Morgan fingerprint density at radius 3 is 1.83 bits per heavy atom. The van der Waals surface area contributed by atoms with Crippen LogP contribution >= 0.6 is 11.6 Å². The van der Waals surface area contributed by atoms with E-state index in [4.69, 9.17) is 25.8 Å². The largest absolute Gasteiger partial charge is 0.368 e. The first-order valence-corrected chi connectivity index (χ1v) is 8.28. The van der Waals surface area contributed by atoms with Crippen molar-refractivity contribution in [1.29, 1.82) is 0 Å². The van der Waals surface area contributed by atoms with E-state index in [1.807, 2.05) is 67.6 Å². The van der Waals surface area contributed by atoms with Gasteiger partial charge in [-0.2, -0.15) is 0 Å². The zero-order chi connectivity index (χ0) is 16.1. The quantitative estimate of drug-likeness (QED) is 0.744. The molecule has 23 heavy (non-hydrogen) atoms. The van der Waals surface area contributed by atoms with Gasteiger partial charge in [0.05, 0.1) is 19.3 Å². The van der Waals surface area contributed by atoms with Gasteiger partial charge in [-0.05, 0) is 18.1 Å². The van der Waals surface area contributed by atoms with Crippen LogP contribution in [-0.2, 0) is 27.4 Å². The Morgan fingerprint density at radius 2 is 1.30 bits per heavy atom. The molecule has 4 atom stereocenters. The van der Waals surface area contributed by atoms with Crippen molar-refractivity contribution < 1.29 is 14.2 Å². The van der Waals surface area contributed by atoms with Crippen LogP contribution in [0.1, 0.15) is 18.1 Å². The van der Waals surface area contributed by atoms with E-state index in [2.05, 4.69) is 0 Å². The van der Waals surface area contributed by atoms with E-state index in [-0.39, 0.29) is 18.3 Å². The number of hydrogen-bond acceptors (Lipinski definition) is 3. The van der Waals surface area contributed by atoms with Gasteiger partial charge >= 0.3 is 0 Å². The lowest BCUT2D eigenvalue weighted by Gasteiger charge is -2.22. The first kappa shape index (κ1) is 16.5. The maximum Gasteiger partial charge on any atom is 0.160 e. The van der Waals surface area contributed by atoms with Crippen LogP contribution in [0.5, 0.6) is 0 Å². The molecule has 1 saturated heterocycles. The molecule has 0 amide bonds. The fourth-order valence-corrected chi connectivity index (χ4v) is 3.09. The van der Waals surface area contributed by atoms with Crippen molar-refractivity contribution in [1.82, 2.24) is 0 Å². The van der Waals surface area contributed by atoms with E-state index < -0.39 is 5.56 Å². The van der Waals surface area contributed by atoms with Gasteiger partial charge in [-0.25, -0.2) is 0 Å². The third kappa shape index (κ3) is 4.33. The van der Waals surface area contributed by atoms with Crippen LogP contribution < -0.4 is 0 Å². The molecule has 0 N–H and O–H groups in total. The second kappa shape index (κ2) is 7.93. The Hall–Kier alpha value is -1.39. The average Bonchev–Trinajstić information content (AvgIpc) is 2.86. The lowest BCUT2D eigenvalue weighted by Crippen LogP contribution is -2.35. The molecule has 0 bridgehead atoms. The Bertz CT molecular complexity index is 537. The van der Waals surface area contributed by atoms with Crippen molar-refractivity contribution >= 4 is 11.6 Å². The van der Waals surface area contributed by atoms with Gasteiger partial charge in [0.25, 0.3) is 0 Å². The highest BCUT2D eigenvalue weighted by molar-refractivity contribution is 6.20. The molecule has 0 spiro atoms. The van der Waals surface area contributed by atoms with E-state index in [0.717, 1.165) is 11.1 Å². The standard InChI is InChI=1S/C19H21ClO3/c1-14-17(21-12-15-8-4-2-5-9-15)18(19(20)23-14)22-13-16-10-6-3-7-11-16/h2-11,14,17-19H,12-13H2,1H3/t14-,17-,18+,19+/m1/s1. The molecule has 0 aromatic heterocycles. The molecular formula is C19H21ClO3. The molecule has 0 aliphatic carbocycles. The highest BCUT2D eigenvalue weighted by Gasteiger charge is 2.43. The van der Waals surface area contributed by atoms with E-state index in [0.29, 0.717) is 13.2 Å². The van der Waals surface area contributed by atoms with E-state index in [1.54, 1.807) is 0 Å². The zero-order valence-corrected chi connectivity index (χ0v) is 13.9. The van der Waals surface area contributed by atoms with Gasteiger partial charge < -0.3 is 14.2 Å². The lowest BCUT2D eigenvalue weighted by atomic mass is 10.1. The van der Waals surface area contributed by atoms with Crippen molar-refractivity contribution in [2.75, 3.05) is 0 Å². The topological polar surface area (TPSA) is 27.7 Å². The van der Waals surface area contributed by atoms with Crippen molar-refractivity contribution in [2.45, 2.75) is 44.0 Å². The molecule has 2 aromatic rings. The summed E-state index contributed by atoms with van der Waals surface area (Å²) in [6.45, 7) is 2.99. The minimum atomic E-state index is -0.491. The van der Waals surface area contributed by atoms with Crippen LogP contribution in [0.4, 0.5) is 0 Å². The van der Waals surface area contributed by atoms with Crippen molar-refractivity contribution in [3.8, 4) is 0 Å². The van der Waals surface area contributed by atoms with Gasteiger partial charge in [-0.3, -0.25) is 0 Å². The smallest absolute Gasteiger partial charge is 0.160 e.